The highest BCUT2D eigenvalue weighted by Crippen LogP contribution is 2.35. The van der Waals surface area contributed by atoms with Crippen molar-refractivity contribution in [1.82, 2.24) is 0 Å². The van der Waals surface area contributed by atoms with Crippen molar-refractivity contribution in [1.29, 1.82) is 0 Å². The summed E-state index contributed by atoms with van der Waals surface area (Å²) in [5.41, 5.74) is 1.60. The zero-order valence-electron chi connectivity index (χ0n) is 15.4. The summed E-state index contributed by atoms with van der Waals surface area (Å²) in [6.45, 7) is 0.233. The molecule has 0 saturated heterocycles. The largest absolute Gasteiger partial charge is 0.496 e. The van der Waals surface area contributed by atoms with E-state index in [1.165, 1.54) is 33.5 Å². The van der Waals surface area contributed by atoms with E-state index in [2.05, 4.69) is 0 Å². The zero-order chi connectivity index (χ0) is 19.4. The summed E-state index contributed by atoms with van der Waals surface area (Å²) in [5, 5.41) is 0. The van der Waals surface area contributed by atoms with E-state index in [9.17, 15) is 9.59 Å². The van der Waals surface area contributed by atoms with Crippen molar-refractivity contribution in [2.45, 2.75) is 6.42 Å². The van der Waals surface area contributed by atoms with E-state index in [0.717, 1.165) is 17.7 Å². The number of methoxy groups -OCH3 is 3. The maximum absolute atomic E-state index is 12.4. The minimum Gasteiger partial charge on any atom is -0.496 e. The first-order valence-electron chi connectivity index (χ1n) is 8.33. The van der Waals surface area contributed by atoms with E-state index >= 15 is 0 Å². The molecule has 0 aromatic heterocycles. The van der Waals surface area contributed by atoms with Gasteiger partial charge in [-0.2, -0.15) is 0 Å². The van der Waals surface area contributed by atoms with E-state index in [1.54, 1.807) is 18.2 Å². The third-order valence-corrected chi connectivity index (χ3v) is 4.27. The monoisotopic (exact) mass is 372 g/mol. The first-order chi connectivity index (χ1) is 13.1. The van der Waals surface area contributed by atoms with Crippen LogP contribution in [0.2, 0.25) is 0 Å². The van der Waals surface area contributed by atoms with Crippen LogP contribution in [0, 0.1) is 0 Å². The van der Waals surface area contributed by atoms with Crippen molar-refractivity contribution < 1.29 is 33.3 Å². The molecule has 27 heavy (non-hydrogen) atoms. The Morgan fingerprint density at radius 2 is 1.67 bits per heavy atom. The van der Waals surface area contributed by atoms with Crippen LogP contribution in [-0.2, 0) is 11.2 Å². The quantitative estimate of drug-likeness (QED) is 0.546. The summed E-state index contributed by atoms with van der Waals surface area (Å²) in [7, 11) is 4.37. The third-order valence-electron chi connectivity index (χ3n) is 4.27. The van der Waals surface area contributed by atoms with Crippen LogP contribution in [0.3, 0.4) is 0 Å². The molecule has 2 aromatic rings. The van der Waals surface area contributed by atoms with E-state index in [1.807, 2.05) is 0 Å². The summed E-state index contributed by atoms with van der Waals surface area (Å²) in [5.74, 6) is 0.846. The van der Waals surface area contributed by atoms with Gasteiger partial charge in [-0.1, -0.05) is 0 Å². The summed E-state index contributed by atoms with van der Waals surface area (Å²) in [6, 6.07) is 8.18. The Morgan fingerprint density at radius 3 is 2.37 bits per heavy atom. The van der Waals surface area contributed by atoms with Gasteiger partial charge in [-0.15, -0.1) is 0 Å². The first-order valence-corrected chi connectivity index (χ1v) is 8.33. The summed E-state index contributed by atoms with van der Waals surface area (Å²) in [6.07, 6.45) is 0.763. The van der Waals surface area contributed by atoms with Crippen LogP contribution in [0.1, 0.15) is 26.3 Å². The van der Waals surface area contributed by atoms with E-state index in [0.29, 0.717) is 23.7 Å². The Labute approximate surface area is 156 Å². The molecule has 0 radical (unpaired) electrons. The lowest BCUT2D eigenvalue weighted by Gasteiger charge is -2.13. The maximum Gasteiger partial charge on any atom is 0.342 e. The highest BCUT2D eigenvalue weighted by molar-refractivity contribution is 6.00. The highest BCUT2D eigenvalue weighted by Gasteiger charge is 2.21. The molecule has 0 aliphatic carbocycles. The molecule has 0 amide bonds. The predicted molar refractivity (Wildman–Crippen MR) is 96.4 cm³/mol. The van der Waals surface area contributed by atoms with Gasteiger partial charge in [0.2, 0.25) is 0 Å². The number of rotatable bonds is 7. The van der Waals surface area contributed by atoms with Gasteiger partial charge >= 0.3 is 5.97 Å². The number of ketones is 1. The Morgan fingerprint density at radius 1 is 0.963 bits per heavy atom. The molecule has 0 bridgehead atoms. The van der Waals surface area contributed by atoms with Crippen LogP contribution < -0.4 is 18.9 Å². The molecular weight excluding hydrogens is 352 g/mol. The van der Waals surface area contributed by atoms with Crippen molar-refractivity contribution in [2.24, 2.45) is 0 Å². The fourth-order valence-electron chi connectivity index (χ4n) is 2.84. The number of esters is 1. The van der Waals surface area contributed by atoms with Crippen molar-refractivity contribution in [3.63, 3.8) is 0 Å². The molecule has 1 aliphatic rings. The van der Waals surface area contributed by atoms with Gasteiger partial charge in [0.05, 0.1) is 27.9 Å². The molecular formula is C20H20O7. The van der Waals surface area contributed by atoms with Crippen LogP contribution in [0.4, 0.5) is 0 Å². The smallest absolute Gasteiger partial charge is 0.342 e. The first kappa shape index (κ1) is 18.6. The standard InChI is InChI=1S/C20H20O7/c1-23-17-10-19(25-3)18(24-2)9-14(17)20(22)27-11-15(21)12-4-5-16-13(8-12)6-7-26-16/h4-5,8-10H,6-7,11H2,1-3H3. The molecule has 7 nitrogen and oxygen atoms in total. The van der Waals surface area contributed by atoms with Crippen LogP contribution in [0.5, 0.6) is 23.0 Å². The van der Waals surface area contributed by atoms with Gasteiger partial charge in [0.25, 0.3) is 0 Å². The number of hydrogen-bond acceptors (Lipinski definition) is 7. The van der Waals surface area contributed by atoms with Crippen molar-refractivity contribution in [2.75, 3.05) is 34.5 Å². The minimum atomic E-state index is -0.689. The second kappa shape index (κ2) is 7.99. The number of ether oxygens (including phenoxy) is 5. The Kier molecular flexibility index (Phi) is 5.49. The summed E-state index contributed by atoms with van der Waals surface area (Å²) >= 11 is 0. The Hall–Kier alpha value is -3.22. The molecule has 0 fully saturated rings. The van der Waals surface area contributed by atoms with Gasteiger partial charge in [-0.25, -0.2) is 4.79 Å². The molecule has 7 heteroatoms. The van der Waals surface area contributed by atoms with Gasteiger partial charge in [-0.05, 0) is 23.8 Å². The molecule has 142 valence electrons. The molecule has 0 saturated carbocycles. The summed E-state index contributed by atoms with van der Waals surface area (Å²) < 4.78 is 26.2. The van der Waals surface area contributed by atoms with Crippen LogP contribution in [0.25, 0.3) is 0 Å². The molecule has 3 rings (SSSR count). The second-order valence-corrected chi connectivity index (χ2v) is 5.83. The number of hydrogen-bond donors (Lipinski definition) is 0. The van der Waals surface area contributed by atoms with E-state index in [4.69, 9.17) is 23.7 Å². The Bertz CT molecular complexity index is 873. The summed E-state index contributed by atoms with van der Waals surface area (Å²) in [4.78, 5) is 24.8. The zero-order valence-corrected chi connectivity index (χ0v) is 15.4. The minimum absolute atomic E-state index is 0.144. The van der Waals surface area contributed by atoms with E-state index in [-0.39, 0.29) is 23.7 Å². The molecule has 1 heterocycles. The second-order valence-electron chi connectivity index (χ2n) is 5.83. The van der Waals surface area contributed by atoms with Crippen molar-refractivity contribution in [3.05, 3.63) is 47.0 Å². The SMILES string of the molecule is COc1cc(OC)c(C(=O)OCC(=O)c2ccc3c(c2)CCO3)cc1OC. The number of fused-ring (bicyclic) bond motifs is 1. The van der Waals surface area contributed by atoms with Crippen LogP contribution in [-0.4, -0.2) is 46.3 Å². The van der Waals surface area contributed by atoms with Gasteiger partial charge in [-0.3, -0.25) is 4.79 Å². The Balaban J connectivity index is 1.73. The average molecular weight is 372 g/mol. The molecule has 0 unspecified atom stereocenters. The fraction of sp³-hybridized carbons (Fsp3) is 0.300. The van der Waals surface area contributed by atoms with Crippen molar-refractivity contribution >= 4 is 11.8 Å². The van der Waals surface area contributed by atoms with Crippen molar-refractivity contribution in [3.8, 4) is 23.0 Å². The molecule has 2 aromatic carbocycles. The van der Waals surface area contributed by atoms with E-state index < -0.39 is 5.97 Å². The molecule has 0 spiro atoms. The normalized spacial score (nSPS) is 12.0. The van der Waals surface area contributed by atoms with Gasteiger partial charge in [0, 0.05) is 24.1 Å². The molecule has 0 N–H and O–H groups in total. The number of carbonyl (C=O) groups excluding carboxylic acids is 2. The molecule has 0 atom stereocenters. The molecule has 1 aliphatic heterocycles. The maximum atomic E-state index is 12.4. The number of benzene rings is 2. The lowest BCUT2D eigenvalue weighted by molar-refractivity contribution is 0.0471. The topological polar surface area (TPSA) is 80.3 Å². The van der Waals surface area contributed by atoms with Gasteiger partial charge in [0.15, 0.2) is 23.9 Å². The number of Topliss-reactive ketones (excluding diaryl/α,β-unsaturated/α-hetero) is 1. The highest BCUT2D eigenvalue weighted by atomic mass is 16.5. The lowest BCUT2D eigenvalue weighted by Crippen LogP contribution is -2.15. The third kappa shape index (κ3) is 3.81. The van der Waals surface area contributed by atoms with Gasteiger partial charge < -0.3 is 23.7 Å². The van der Waals surface area contributed by atoms with Gasteiger partial charge in [0.1, 0.15) is 17.1 Å². The van der Waals surface area contributed by atoms with Crippen LogP contribution >= 0.6 is 0 Å². The van der Waals surface area contributed by atoms with Crippen LogP contribution in [0.15, 0.2) is 30.3 Å². The fourth-order valence-corrected chi connectivity index (χ4v) is 2.84. The predicted octanol–water partition coefficient (Wildman–Crippen LogP) is 2.69. The number of carbonyl (C=O) groups is 2. The average Bonchev–Trinajstić information content (AvgIpc) is 3.18. The lowest BCUT2D eigenvalue weighted by atomic mass is 10.1.